The van der Waals surface area contributed by atoms with Crippen molar-refractivity contribution >= 4 is 12.1 Å². The molecular formula is C15H12N2O. The molecule has 0 bridgehead atoms. The number of hydrogen-bond acceptors (Lipinski definition) is 2. The van der Waals surface area contributed by atoms with Gasteiger partial charge >= 0.3 is 0 Å². The van der Waals surface area contributed by atoms with Crippen LogP contribution in [0.2, 0.25) is 0 Å². The third-order valence-electron chi connectivity index (χ3n) is 3.15. The first-order chi connectivity index (χ1) is 8.90. The third kappa shape index (κ3) is 1.70. The van der Waals surface area contributed by atoms with E-state index >= 15 is 0 Å². The molecule has 2 aromatic carbocycles. The molecule has 1 N–H and O–H groups in total. The molecule has 88 valence electrons. The SMILES string of the molecule is O=CNN=C1c2ccccc2Cc2ccccc21. The molecule has 0 aromatic heterocycles. The van der Waals surface area contributed by atoms with E-state index in [4.69, 9.17) is 0 Å². The number of nitrogens with zero attached hydrogens (tertiary/aromatic N) is 1. The van der Waals surface area contributed by atoms with E-state index in [1.165, 1.54) is 11.1 Å². The van der Waals surface area contributed by atoms with Gasteiger partial charge in [0.05, 0.1) is 5.71 Å². The van der Waals surface area contributed by atoms with Gasteiger partial charge in [-0.15, -0.1) is 0 Å². The van der Waals surface area contributed by atoms with Gasteiger partial charge in [-0.1, -0.05) is 48.5 Å². The molecule has 2 aromatic rings. The van der Waals surface area contributed by atoms with Crippen LogP contribution in [0, 0.1) is 0 Å². The van der Waals surface area contributed by atoms with Crippen LogP contribution >= 0.6 is 0 Å². The summed E-state index contributed by atoms with van der Waals surface area (Å²) in [6.45, 7) is 0. The summed E-state index contributed by atoms with van der Waals surface area (Å²) >= 11 is 0. The topological polar surface area (TPSA) is 41.5 Å². The Bertz CT molecular complexity index is 584. The number of benzene rings is 2. The summed E-state index contributed by atoms with van der Waals surface area (Å²) in [4.78, 5) is 10.5. The predicted octanol–water partition coefficient (Wildman–Crippen LogP) is 2.09. The molecule has 0 heterocycles. The van der Waals surface area contributed by atoms with Gasteiger partial charge in [-0.2, -0.15) is 5.10 Å². The molecular weight excluding hydrogens is 224 g/mol. The van der Waals surface area contributed by atoms with Gasteiger partial charge in [0.25, 0.3) is 0 Å². The maximum absolute atomic E-state index is 10.5. The average molecular weight is 236 g/mol. The zero-order valence-corrected chi connectivity index (χ0v) is 9.76. The van der Waals surface area contributed by atoms with E-state index < -0.39 is 0 Å². The lowest BCUT2D eigenvalue weighted by molar-refractivity contribution is -0.109. The summed E-state index contributed by atoms with van der Waals surface area (Å²) in [5, 5.41) is 4.18. The molecule has 0 aliphatic heterocycles. The third-order valence-corrected chi connectivity index (χ3v) is 3.15. The van der Waals surface area contributed by atoms with Gasteiger partial charge < -0.3 is 0 Å². The van der Waals surface area contributed by atoms with Gasteiger partial charge in [0.15, 0.2) is 0 Å². The van der Waals surface area contributed by atoms with E-state index in [1.54, 1.807) is 0 Å². The molecule has 0 atom stereocenters. The molecule has 0 spiro atoms. The molecule has 18 heavy (non-hydrogen) atoms. The number of carbonyl (C=O) groups excluding carboxylic acids is 1. The number of nitrogens with one attached hydrogen (secondary N) is 1. The lowest BCUT2D eigenvalue weighted by Crippen LogP contribution is -2.19. The molecule has 0 unspecified atom stereocenters. The lowest BCUT2D eigenvalue weighted by Gasteiger charge is -2.20. The smallest absolute Gasteiger partial charge is 0.227 e. The van der Waals surface area contributed by atoms with Crippen molar-refractivity contribution in [3.05, 3.63) is 70.8 Å². The molecule has 3 rings (SSSR count). The zero-order valence-electron chi connectivity index (χ0n) is 9.76. The van der Waals surface area contributed by atoms with Gasteiger partial charge in [-0.3, -0.25) is 4.79 Å². The van der Waals surface area contributed by atoms with E-state index in [0.29, 0.717) is 6.41 Å². The molecule has 1 aliphatic rings. The molecule has 0 saturated carbocycles. The van der Waals surface area contributed by atoms with Crippen molar-refractivity contribution in [3.63, 3.8) is 0 Å². The van der Waals surface area contributed by atoms with Crippen molar-refractivity contribution in [1.82, 2.24) is 5.43 Å². The molecule has 3 nitrogen and oxygen atoms in total. The van der Waals surface area contributed by atoms with E-state index in [-0.39, 0.29) is 0 Å². The average Bonchev–Trinajstić information content (AvgIpc) is 2.43. The largest absolute Gasteiger partial charge is 0.277 e. The Morgan fingerprint density at radius 2 is 1.50 bits per heavy atom. The first-order valence-corrected chi connectivity index (χ1v) is 5.83. The van der Waals surface area contributed by atoms with E-state index in [1.807, 2.05) is 36.4 Å². The highest BCUT2D eigenvalue weighted by molar-refractivity contribution is 6.15. The normalized spacial score (nSPS) is 12.3. The molecule has 1 amide bonds. The fraction of sp³-hybridized carbons (Fsp3) is 0.0667. The second kappa shape index (κ2) is 4.45. The van der Waals surface area contributed by atoms with Crippen LogP contribution in [0.3, 0.4) is 0 Å². The Labute approximate surface area is 105 Å². The van der Waals surface area contributed by atoms with Crippen molar-refractivity contribution in [1.29, 1.82) is 0 Å². The van der Waals surface area contributed by atoms with Crippen LogP contribution in [-0.2, 0) is 11.2 Å². The molecule has 0 radical (unpaired) electrons. The van der Waals surface area contributed by atoms with Gasteiger partial charge in [-0.05, 0) is 17.5 Å². The van der Waals surface area contributed by atoms with Crippen molar-refractivity contribution in [2.24, 2.45) is 5.10 Å². The lowest BCUT2D eigenvalue weighted by atomic mass is 9.85. The van der Waals surface area contributed by atoms with Crippen LogP contribution in [0.5, 0.6) is 0 Å². The van der Waals surface area contributed by atoms with E-state index in [2.05, 4.69) is 22.7 Å². The van der Waals surface area contributed by atoms with E-state index in [0.717, 1.165) is 23.3 Å². The summed E-state index contributed by atoms with van der Waals surface area (Å²) in [5.41, 5.74) is 7.89. The minimum absolute atomic E-state index is 0.590. The second-order valence-electron chi connectivity index (χ2n) is 4.20. The summed E-state index contributed by atoms with van der Waals surface area (Å²) in [6.07, 6.45) is 1.50. The number of amides is 1. The summed E-state index contributed by atoms with van der Waals surface area (Å²) in [7, 11) is 0. The Hall–Kier alpha value is -2.42. The number of hydrogen-bond donors (Lipinski definition) is 1. The summed E-state index contributed by atoms with van der Waals surface area (Å²) in [6, 6.07) is 16.3. The minimum Gasteiger partial charge on any atom is -0.277 e. The number of carbonyl (C=O) groups is 1. The van der Waals surface area contributed by atoms with Crippen molar-refractivity contribution in [2.75, 3.05) is 0 Å². The van der Waals surface area contributed by atoms with Crippen LogP contribution in [0.15, 0.2) is 53.6 Å². The van der Waals surface area contributed by atoms with Gasteiger partial charge in [0, 0.05) is 11.1 Å². The maximum Gasteiger partial charge on any atom is 0.227 e. The fourth-order valence-corrected chi connectivity index (χ4v) is 2.37. The number of rotatable bonds is 2. The van der Waals surface area contributed by atoms with Crippen LogP contribution in [0.4, 0.5) is 0 Å². The Balaban J connectivity index is 2.20. The maximum atomic E-state index is 10.5. The molecule has 0 fully saturated rings. The van der Waals surface area contributed by atoms with Crippen LogP contribution < -0.4 is 5.43 Å². The summed E-state index contributed by atoms with van der Waals surface area (Å²) in [5.74, 6) is 0. The van der Waals surface area contributed by atoms with Gasteiger partial charge in [0.2, 0.25) is 6.41 Å². The van der Waals surface area contributed by atoms with Crippen LogP contribution in [0.1, 0.15) is 22.3 Å². The Kier molecular flexibility index (Phi) is 2.65. The highest BCUT2D eigenvalue weighted by atomic mass is 16.1. The molecule has 3 heteroatoms. The highest BCUT2D eigenvalue weighted by Crippen LogP contribution is 2.27. The van der Waals surface area contributed by atoms with Gasteiger partial charge in [0.1, 0.15) is 0 Å². The number of fused-ring (bicyclic) bond motifs is 2. The minimum atomic E-state index is 0.590. The summed E-state index contributed by atoms with van der Waals surface area (Å²) < 4.78 is 0. The highest BCUT2D eigenvalue weighted by Gasteiger charge is 2.20. The first-order valence-electron chi connectivity index (χ1n) is 5.83. The van der Waals surface area contributed by atoms with Crippen LogP contribution in [-0.4, -0.2) is 12.1 Å². The monoisotopic (exact) mass is 236 g/mol. The first kappa shape index (κ1) is 10.7. The van der Waals surface area contributed by atoms with Crippen molar-refractivity contribution < 1.29 is 4.79 Å². The zero-order chi connectivity index (χ0) is 12.4. The Morgan fingerprint density at radius 1 is 0.944 bits per heavy atom. The van der Waals surface area contributed by atoms with Crippen molar-refractivity contribution in [3.8, 4) is 0 Å². The quantitative estimate of drug-likeness (QED) is 0.537. The number of hydrazone groups is 1. The van der Waals surface area contributed by atoms with Gasteiger partial charge in [-0.25, -0.2) is 5.43 Å². The van der Waals surface area contributed by atoms with E-state index in [9.17, 15) is 4.79 Å². The Morgan fingerprint density at radius 3 is 2.06 bits per heavy atom. The molecule has 1 aliphatic carbocycles. The second-order valence-corrected chi connectivity index (χ2v) is 4.20. The standard InChI is InChI=1S/C15H12N2O/c18-10-16-17-15-13-7-3-1-5-11(13)9-12-6-2-4-8-14(12)15/h1-8,10H,9H2,(H,16,18). The molecule has 0 saturated heterocycles. The van der Waals surface area contributed by atoms with Crippen LogP contribution in [0.25, 0.3) is 0 Å². The fourth-order valence-electron chi connectivity index (χ4n) is 2.37. The van der Waals surface area contributed by atoms with Crippen molar-refractivity contribution in [2.45, 2.75) is 6.42 Å². The predicted molar refractivity (Wildman–Crippen MR) is 70.5 cm³/mol.